The normalized spacial score (nSPS) is 10.3. The molecule has 0 saturated heterocycles. The van der Waals surface area contributed by atoms with Crippen molar-refractivity contribution in [1.82, 2.24) is 4.98 Å². The van der Waals surface area contributed by atoms with E-state index >= 15 is 0 Å². The molecular weight excluding hydrogens is 229 g/mol. The van der Waals surface area contributed by atoms with E-state index in [2.05, 4.69) is 4.98 Å². The average Bonchev–Trinajstić information content (AvgIpc) is 2.37. The summed E-state index contributed by atoms with van der Waals surface area (Å²) in [7, 11) is 0. The van der Waals surface area contributed by atoms with Gasteiger partial charge in [-0.25, -0.2) is 4.39 Å². The molecule has 2 rings (SSSR count). The zero-order valence-electron chi connectivity index (χ0n) is 10.2. The van der Waals surface area contributed by atoms with Gasteiger partial charge in [-0.2, -0.15) is 0 Å². The number of hydrogen-bond donors (Lipinski definition) is 0. The second kappa shape index (κ2) is 5.54. The SMILES string of the molecule is CC(=O)CCc1cc(F)ccc1-c1ccccn1. The highest BCUT2D eigenvalue weighted by atomic mass is 19.1. The third-order valence-corrected chi connectivity index (χ3v) is 2.75. The fraction of sp³-hybridized carbons (Fsp3) is 0.200. The molecule has 2 aromatic rings. The third kappa shape index (κ3) is 3.00. The first-order valence-corrected chi connectivity index (χ1v) is 5.86. The Morgan fingerprint density at radius 1 is 1.28 bits per heavy atom. The molecule has 0 N–H and O–H groups in total. The third-order valence-electron chi connectivity index (χ3n) is 2.75. The zero-order chi connectivity index (χ0) is 13.0. The lowest BCUT2D eigenvalue weighted by Crippen LogP contribution is -1.98. The number of aryl methyl sites for hydroxylation is 1. The lowest BCUT2D eigenvalue weighted by molar-refractivity contribution is -0.116. The van der Waals surface area contributed by atoms with Gasteiger partial charge in [0.1, 0.15) is 11.6 Å². The summed E-state index contributed by atoms with van der Waals surface area (Å²) < 4.78 is 13.3. The summed E-state index contributed by atoms with van der Waals surface area (Å²) in [6.07, 6.45) is 2.66. The van der Waals surface area contributed by atoms with E-state index in [1.165, 1.54) is 12.1 Å². The van der Waals surface area contributed by atoms with E-state index in [0.717, 1.165) is 16.8 Å². The highest BCUT2D eigenvalue weighted by Gasteiger charge is 2.08. The van der Waals surface area contributed by atoms with Gasteiger partial charge in [0.2, 0.25) is 0 Å². The van der Waals surface area contributed by atoms with E-state index in [4.69, 9.17) is 0 Å². The summed E-state index contributed by atoms with van der Waals surface area (Å²) in [4.78, 5) is 15.3. The monoisotopic (exact) mass is 243 g/mol. The van der Waals surface area contributed by atoms with Crippen LogP contribution in [0.2, 0.25) is 0 Å². The topological polar surface area (TPSA) is 30.0 Å². The number of halogens is 1. The number of hydrogen-bond acceptors (Lipinski definition) is 2. The van der Waals surface area contributed by atoms with Gasteiger partial charge in [-0.15, -0.1) is 0 Å². The summed E-state index contributed by atoms with van der Waals surface area (Å²) in [5, 5.41) is 0. The molecule has 92 valence electrons. The quantitative estimate of drug-likeness (QED) is 0.823. The van der Waals surface area contributed by atoms with Crippen molar-refractivity contribution >= 4 is 5.78 Å². The maximum Gasteiger partial charge on any atom is 0.130 e. The van der Waals surface area contributed by atoms with Crippen LogP contribution in [0.25, 0.3) is 11.3 Å². The van der Waals surface area contributed by atoms with Gasteiger partial charge in [0, 0.05) is 18.2 Å². The van der Waals surface area contributed by atoms with Gasteiger partial charge in [0.05, 0.1) is 5.69 Å². The number of benzene rings is 1. The number of pyridine rings is 1. The van der Waals surface area contributed by atoms with E-state index in [9.17, 15) is 9.18 Å². The molecule has 0 unspecified atom stereocenters. The largest absolute Gasteiger partial charge is 0.300 e. The van der Waals surface area contributed by atoms with Crippen LogP contribution >= 0.6 is 0 Å². The standard InChI is InChI=1S/C15H14FNO/c1-11(18)5-6-12-10-13(16)7-8-14(12)15-4-2-3-9-17-15/h2-4,7-10H,5-6H2,1H3. The summed E-state index contributed by atoms with van der Waals surface area (Å²) in [6.45, 7) is 1.54. The Balaban J connectivity index is 2.37. The van der Waals surface area contributed by atoms with E-state index in [1.807, 2.05) is 18.2 Å². The van der Waals surface area contributed by atoms with E-state index < -0.39 is 0 Å². The Bertz CT molecular complexity index is 552. The van der Waals surface area contributed by atoms with Gasteiger partial charge in [0.25, 0.3) is 0 Å². The van der Waals surface area contributed by atoms with Gasteiger partial charge >= 0.3 is 0 Å². The van der Waals surface area contributed by atoms with Crippen molar-refractivity contribution in [2.75, 3.05) is 0 Å². The lowest BCUT2D eigenvalue weighted by atomic mass is 9.99. The van der Waals surface area contributed by atoms with Crippen molar-refractivity contribution < 1.29 is 9.18 Å². The van der Waals surface area contributed by atoms with Gasteiger partial charge in [-0.1, -0.05) is 6.07 Å². The first kappa shape index (κ1) is 12.4. The average molecular weight is 243 g/mol. The maximum atomic E-state index is 13.3. The summed E-state index contributed by atoms with van der Waals surface area (Å²) in [5.74, 6) is -0.181. The molecule has 0 saturated carbocycles. The second-order valence-corrected chi connectivity index (χ2v) is 4.22. The minimum absolute atomic E-state index is 0.103. The molecule has 0 atom stereocenters. The highest BCUT2D eigenvalue weighted by molar-refractivity contribution is 5.76. The molecule has 3 heteroatoms. The van der Waals surface area contributed by atoms with Gasteiger partial charge in [-0.3, -0.25) is 4.98 Å². The van der Waals surface area contributed by atoms with Gasteiger partial charge in [0.15, 0.2) is 0 Å². The van der Waals surface area contributed by atoms with Crippen LogP contribution in [0.1, 0.15) is 18.9 Å². The molecular formula is C15H14FNO. The van der Waals surface area contributed by atoms with Gasteiger partial charge < -0.3 is 4.79 Å². The summed E-state index contributed by atoms with van der Waals surface area (Å²) >= 11 is 0. The molecule has 0 spiro atoms. The Morgan fingerprint density at radius 2 is 2.11 bits per heavy atom. The fourth-order valence-corrected chi connectivity index (χ4v) is 1.85. The number of Topliss-reactive ketones (excluding diaryl/α,β-unsaturated/α-hetero) is 1. The smallest absolute Gasteiger partial charge is 0.130 e. The first-order valence-electron chi connectivity index (χ1n) is 5.86. The molecule has 1 heterocycles. The number of carbonyl (C=O) groups is 1. The minimum Gasteiger partial charge on any atom is -0.300 e. The molecule has 0 fully saturated rings. The second-order valence-electron chi connectivity index (χ2n) is 4.22. The number of nitrogens with zero attached hydrogens (tertiary/aromatic N) is 1. The number of rotatable bonds is 4. The first-order chi connectivity index (χ1) is 8.66. The van der Waals surface area contributed by atoms with Crippen molar-refractivity contribution in [1.29, 1.82) is 0 Å². The van der Waals surface area contributed by atoms with Crippen molar-refractivity contribution in [2.24, 2.45) is 0 Å². The fourth-order valence-electron chi connectivity index (χ4n) is 1.85. The number of aromatic nitrogens is 1. The van der Waals surface area contributed by atoms with Crippen LogP contribution in [0.3, 0.4) is 0 Å². The Kier molecular flexibility index (Phi) is 3.82. The van der Waals surface area contributed by atoms with Crippen molar-refractivity contribution in [3.8, 4) is 11.3 Å². The van der Waals surface area contributed by atoms with Crippen LogP contribution in [0.5, 0.6) is 0 Å². The van der Waals surface area contributed by atoms with Crippen LogP contribution in [-0.4, -0.2) is 10.8 Å². The van der Waals surface area contributed by atoms with E-state index in [-0.39, 0.29) is 11.6 Å². The number of carbonyl (C=O) groups excluding carboxylic acids is 1. The zero-order valence-corrected chi connectivity index (χ0v) is 10.2. The van der Waals surface area contributed by atoms with Crippen molar-refractivity contribution in [3.63, 3.8) is 0 Å². The molecule has 0 bridgehead atoms. The molecule has 0 aliphatic carbocycles. The molecule has 1 aromatic heterocycles. The van der Waals surface area contributed by atoms with Crippen LogP contribution < -0.4 is 0 Å². The van der Waals surface area contributed by atoms with Crippen molar-refractivity contribution in [2.45, 2.75) is 19.8 Å². The van der Waals surface area contributed by atoms with E-state index in [0.29, 0.717) is 12.8 Å². The maximum absolute atomic E-state index is 13.3. The van der Waals surface area contributed by atoms with Crippen LogP contribution in [0.4, 0.5) is 4.39 Å². The van der Waals surface area contributed by atoms with Gasteiger partial charge in [-0.05, 0) is 49.2 Å². The summed E-state index contributed by atoms with van der Waals surface area (Å²) in [6, 6.07) is 10.2. The Morgan fingerprint density at radius 3 is 2.78 bits per heavy atom. The highest BCUT2D eigenvalue weighted by Crippen LogP contribution is 2.23. The molecule has 0 aliphatic heterocycles. The predicted octanol–water partition coefficient (Wildman–Crippen LogP) is 3.41. The molecule has 1 aromatic carbocycles. The Labute approximate surface area is 105 Å². The van der Waals surface area contributed by atoms with Crippen LogP contribution in [0.15, 0.2) is 42.6 Å². The molecule has 0 radical (unpaired) electrons. The van der Waals surface area contributed by atoms with Crippen LogP contribution in [0, 0.1) is 5.82 Å². The van der Waals surface area contributed by atoms with Crippen molar-refractivity contribution in [3.05, 3.63) is 54.0 Å². The predicted molar refractivity (Wildman–Crippen MR) is 68.6 cm³/mol. The Hall–Kier alpha value is -2.03. The lowest BCUT2D eigenvalue weighted by Gasteiger charge is -2.08. The van der Waals surface area contributed by atoms with Crippen LogP contribution in [-0.2, 0) is 11.2 Å². The molecule has 18 heavy (non-hydrogen) atoms. The summed E-state index contributed by atoms with van der Waals surface area (Å²) in [5.41, 5.74) is 2.51. The molecule has 0 amide bonds. The molecule has 2 nitrogen and oxygen atoms in total. The minimum atomic E-state index is -0.284. The van der Waals surface area contributed by atoms with E-state index in [1.54, 1.807) is 19.2 Å². The number of ketones is 1. The molecule has 0 aliphatic rings.